The van der Waals surface area contributed by atoms with Gasteiger partial charge in [0.25, 0.3) is 0 Å². The van der Waals surface area contributed by atoms with E-state index in [4.69, 9.17) is 33.7 Å². The Hall–Kier alpha value is -1.22. The predicted molar refractivity (Wildman–Crippen MR) is 75.7 cm³/mol. The smallest absolute Gasteiger partial charge is 0.130 e. The summed E-state index contributed by atoms with van der Waals surface area (Å²) in [7, 11) is 0. The molecule has 2 aromatic rings. The molecule has 0 saturated carbocycles. The SMILES string of the molecule is NCCc1cc(Cl)ccc1Oc1cccc(Cl)c1. The molecule has 4 heteroatoms. The molecule has 0 saturated heterocycles. The van der Waals surface area contributed by atoms with E-state index in [9.17, 15) is 0 Å². The van der Waals surface area contributed by atoms with Gasteiger partial charge in [-0.3, -0.25) is 0 Å². The summed E-state index contributed by atoms with van der Waals surface area (Å²) in [6, 6.07) is 12.8. The van der Waals surface area contributed by atoms with E-state index in [1.165, 1.54) is 0 Å². The van der Waals surface area contributed by atoms with Gasteiger partial charge in [-0.25, -0.2) is 0 Å². The van der Waals surface area contributed by atoms with Crippen LogP contribution in [0.4, 0.5) is 0 Å². The van der Waals surface area contributed by atoms with Gasteiger partial charge in [-0.2, -0.15) is 0 Å². The first kappa shape index (κ1) is 13.2. The summed E-state index contributed by atoms with van der Waals surface area (Å²) in [5.74, 6) is 1.45. The first-order valence-electron chi connectivity index (χ1n) is 5.61. The third kappa shape index (κ3) is 3.39. The fraction of sp³-hybridized carbons (Fsp3) is 0.143. The van der Waals surface area contributed by atoms with Crippen molar-refractivity contribution in [2.45, 2.75) is 6.42 Å². The zero-order valence-electron chi connectivity index (χ0n) is 9.70. The summed E-state index contributed by atoms with van der Waals surface area (Å²) in [6.07, 6.45) is 0.719. The first-order chi connectivity index (χ1) is 8.69. The molecule has 0 fully saturated rings. The minimum Gasteiger partial charge on any atom is -0.457 e. The van der Waals surface area contributed by atoms with Crippen LogP contribution in [-0.2, 0) is 6.42 Å². The molecular weight excluding hydrogens is 269 g/mol. The lowest BCUT2D eigenvalue weighted by Crippen LogP contribution is -2.04. The fourth-order valence-corrected chi connectivity index (χ4v) is 2.03. The van der Waals surface area contributed by atoms with Crippen LogP contribution < -0.4 is 10.5 Å². The van der Waals surface area contributed by atoms with Crippen LogP contribution >= 0.6 is 23.2 Å². The van der Waals surface area contributed by atoms with Crippen molar-refractivity contribution >= 4 is 23.2 Å². The Morgan fingerprint density at radius 3 is 2.50 bits per heavy atom. The summed E-state index contributed by atoms with van der Waals surface area (Å²) in [6.45, 7) is 0.548. The van der Waals surface area contributed by atoms with Crippen molar-refractivity contribution in [2.75, 3.05) is 6.54 Å². The van der Waals surface area contributed by atoms with E-state index < -0.39 is 0 Å². The molecule has 0 atom stereocenters. The predicted octanol–water partition coefficient (Wildman–Crippen LogP) is 4.29. The van der Waals surface area contributed by atoms with E-state index >= 15 is 0 Å². The third-order valence-corrected chi connectivity index (χ3v) is 2.93. The Morgan fingerprint density at radius 1 is 1.00 bits per heavy atom. The van der Waals surface area contributed by atoms with Crippen LogP contribution in [0.3, 0.4) is 0 Å². The van der Waals surface area contributed by atoms with Gasteiger partial charge < -0.3 is 10.5 Å². The van der Waals surface area contributed by atoms with Crippen molar-refractivity contribution in [1.82, 2.24) is 0 Å². The molecule has 0 aliphatic heterocycles. The van der Waals surface area contributed by atoms with Gasteiger partial charge in [0.2, 0.25) is 0 Å². The summed E-state index contributed by atoms with van der Waals surface area (Å²) >= 11 is 11.9. The van der Waals surface area contributed by atoms with Gasteiger partial charge in [-0.1, -0.05) is 29.3 Å². The average Bonchev–Trinajstić information content (AvgIpc) is 2.33. The molecule has 18 heavy (non-hydrogen) atoms. The monoisotopic (exact) mass is 281 g/mol. The Labute approximate surface area is 116 Å². The molecular formula is C14H13Cl2NO. The molecule has 0 aliphatic rings. The number of ether oxygens (including phenoxy) is 1. The number of rotatable bonds is 4. The van der Waals surface area contributed by atoms with Crippen LogP contribution in [0.2, 0.25) is 10.0 Å². The molecule has 2 N–H and O–H groups in total. The van der Waals surface area contributed by atoms with Crippen molar-refractivity contribution in [3.63, 3.8) is 0 Å². The zero-order valence-corrected chi connectivity index (χ0v) is 11.2. The second kappa shape index (κ2) is 6.10. The first-order valence-corrected chi connectivity index (χ1v) is 6.36. The van der Waals surface area contributed by atoms with E-state index in [1.54, 1.807) is 18.2 Å². The molecule has 94 valence electrons. The lowest BCUT2D eigenvalue weighted by Gasteiger charge is -2.11. The second-order valence-electron chi connectivity index (χ2n) is 3.85. The van der Waals surface area contributed by atoms with Crippen LogP contribution in [0, 0.1) is 0 Å². The van der Waals surface area contributed by atoms with Crippen LogP contribution in [-0.4, -0.2) is 6.54 Å². The highest BCUT2D eigenvalue weighted by atomic mass is 35.5. The Balaban J connectivity index is 2.28. The molecule has 0 amide bonds. The Morgan fingerprint density at radius 2 is 1.78 bits per heavy atom. The van der Waals surface area contributed by atoms with E-state index in [0.29, 0.717) is 22.3 Å². The molecule has 0 unspecified atom stereocenters. The number of hydrogen-bond donors (Lipinski definition) is 1. The van der Waals surface area contributed by atoms with Gasteiger partial charge in [0.1, 0.15) is 11.5 Å². The Kier molecular flexibility index (Phi) is 4.48. The molecule has 0 spiro atoms. The molecule has 2 aromatic carbocycles. The maximum atomic E-state index is 5.96. The van der Waals surface area contributed by atoms with Gasteiger partial charge in [-0.05, 0) is 54.9 Å². The summed E-state index contributed by atoms with van der Waals surface area (Å²) in [5, 5.41) is 1.32. The van der Waals surface area contributed by atoms with Gasteiger partial charge in [0.15, 0.2) is 0 Å². The standard InChI is InChI=1S/C14H13Cl2NO/c15-11-2-1-3-13(9-11)18-14-5-4-12(16)8-10(14)6-7-17/h1-5,8-9H,6-7,17H2. The minimum absolute atomic E-state index is 0.548. The topological polar surface area (TPSA) is 35.2 Å². The maximum Gasteiger partial charge on any atom is 0.130 e. The van der Waals surface area contributed by atoms with Crippen molar-refractivity contribution < 1.29 is 4.74 Å². The highest BCUT2D eigenvalue weighted by Gasteiger charge is 2.06. The van der Waals surface area contributed by atoms with Gasteiger partial charge in [-0.15, -0.1) is 0 Å². The zero-order chi connectivity index (χ0) is 13.0. The van der Waals surface area contributed by atoms with Crippen molar-refractivity contribution in [3.05, 3.63) is 58.1 Å². The molecule has 0 heterocycles. The van der Waals surface area contributed by atoms with Crippen molar-refractivity contribution in [1.29, 1.82) is 0 Å². The summed E-state index contributed by atoms with van der Waals surface area (Å²) < 4.78 is 5.80. The van der Waals surface area contributed by atoms with Crippen LogP contribution in [0.1, 0.15) is 5.56 Å². The molecule has 0 radical (unpaired) electrons. The summed E-state index contributed by atoms with van der Waals surface area (Å²) in [5.41, 5.74) is 6.57. The minimum atomic E-state index is 0.548. The molecule has 0 aromatic heterocycles. The summed E-state index contributed by atoms with van der Waals surface area (Å²) in [4.78, 5) is 0. The van der Waals surface area contributed by atoms with E-state index in [2.05, 4.69) is 0 Å². The molecule has 2 rings (SSSR count). The number of halogens is 2. The number of benzene rings is 2. The van der Waals surface area contributed by atoms with Gasteiger partial charge >= 0.3 is 0 Å². The molecule has 2 nitrogen and oxygen atoms in total. The largest absolute Gasteiger partial charge is 0.457 e. The van der Waals surface area contributed by atoms with Crippen LogP contribution in [0.15, 0.2) is 42.5 Å². The average molecular weight is 282 g/mol. The van der Waals surface area contributed by atoms with E-state index in [-0.39, 0.29) is 0 Å². The second-order valence-corrected chi connectivity index (χ2v) is 4.72. The number of nitrogens with two attached hydrogens (primary N) is 1. The van der Waals surface area contributed by atoms with Crippen LogP contribution in [0.25, 0.3) is 0 Å². The Bertz CT molecular complexity index is 543. The molecule has 0 bridgehead atoms. The van der Waals surface area contributed by atoms with Gasteiger partial charge in [0.05, 0.1) is 0 Å². The maximum absolute atomic E-state index is 5.96. The van der Waals surface area contributed by atoms with Crippen molar-refractivity contribution in [2.24, 2.45) is 5.73 Å². The molecule has 0 aliphatic carbocycles. The van der Waals surface area contributed by atoms with Crippen molar-refractivity contribution in [3.8, 4) is 11.5 Å². The fourth-order valence-electron chi connectivity index (χ4n) is 1.66. The highest BCUT2D eigenvalue weighted by Crippen LogP contribution is 2.29. The van der Waals surface area contributed by atoms with E-state index in [0.717, 1.165) is 17.7 Å². The van der Waals surface area contributed by atoms with Crippen LogP contribution in [0.5, 0.6) is 11.5 Å². The normalized spacial score (nSPS) is 10.4. The lowest BCUT2D eigenvalue weighted by molar-refractivity contribution is 0.476. The lowest BCUT2D eigenvalue weighted by atomic mass is 10.1. The van der Waals surface area contributed by atoms with Gasteiger partial charge in [0, 0.05) is 10.0 Å². The number of hydrogen-bond acceptors (Lipinski definition) is 2. The highest BCUT2D eigenvalue weighted by molar-refractivity contribution is 6.31. The quantitative estimate of drug-likeness (QED) is 0.908. The third-order valence-electron chi connectivity index (χ3n) is 2.46. The van der Waals surface area contributed by atoms with E-state index in [1.807, 2.05) is 24.3 Å².